The minimum absolute atomic E-state index is 0. The highest BCUT2D eigenvalue weighted by Crippen LogP contribution is 2.15. The summed E-state index contributed by atoms with van der Waals surface area (Å²) in [6, 6.07) is 0. The molecule has 0 aromatic rings. The first-order valence-corrected chi connectivity index (χ1v) is 7.69. The Kier molecular flexibility index (Phi) is 9.80. The van der Waals surface area contributed by atoms with Crippen LogP contribution in [-0.4, -0.2) is 49.1 Å². The number of halogens is 1. The van der Waals surface area contributed by atoms with Crippen molar-refractivity contribution in [2.45, 2.75) is 53.0 Å². The summed E-state index contributed by atoms with van der Waals surface area (Å²) in [5, 5.41) is 6.73. The van der Waals surface area contributed by atoms with E-state index in [4.69, 9.17) is 0 Å². The normalized spacial score (nSPS) is 18.6. The van der Waals surface area contributed by atoms with E-state index in [9.17, 15) is 0 Å². The average Bonchev–Trinajstić information content (AvgIpc) is 2.30. The highest BCUT2D eigenvalue weighted by Gasteiger charge is 2.15. The van der Waals surface area contributed by atoms with Crippen LogP contribution in [0.25, 0.3) is 0 Å². The molecule has 1 rings (SSSR count). The van der Waals surface area contributed by atoms with Crippen molar-refractivity contribution in [1.29, 1.82) is 0 Å². The number of nitrogens with zero attached hydrogens (tertiary/aromatic N) is 2. The van der Waals surface area contributed by atoms with Crippen LogP contribution in [-0.2, 0) is 0 Å². The first kappa shape index (κ1) is 20.0. The van der Waals surface area contributed by atoms with Crippen LogP contribution in [0.5, 0.6) is 0 Å². The Hall–Kier alpha value is -0.0400. The Labute approximate surface area is 142 Å². The summed E-state index contributed by atoms with van der Waals surface area (Å²) in [6.45, 7) is 16.3. The van der Waals surface area contributed by atoms with E-state index in [0.29, 0.717) is 0 Å². The van der Waals surface area contributed by atoms with Crippen molar-refractivity contribution in [2.75, 3.05) is 32.7 Å². The fourth-order valence-electron chi connectivity index (χ4n) is 2.25. The third kappa shape index (κ3) is 9.00. The third-order valence-electron chi connectivity index (χ3n) is 3.40. The molecule has 5 heteroatoms. The van der Waals surface area contributed by atoms with Gasteiger partial charge in [-0.25, -0.2) is 0 Å². The van der Waals surface area contributed by atoms with E-state index in [1.807, 2.05) is 0 Å². The molecule has 0 aromatic heterocycles. The smallest absolute Gasteiger partial charge is 0.191 e. The van der Waals surface area contributed by atoms with Gasteiger partial charge >= 0.3 is 0 Å². The van der Waals surface area contributed by atoms with Crippen LogP contribution in [0.4, 0.5) is 0 Å². The lowest BCUT2D eigenvalue weighted by atomic mass is 9.99. The van der Waals surface area contributed by atoms with E-state index >= 15 is 0 Å². The van der Waals surface area contributed by atoms with Crippen LogP contribution in [0, 0.1) is 5.92 Å². The molecular weight excluding hydrogens is 363 g/mol. The van der Waals surface area contributed by atoms with Crippen molar-refractivity contribution >= 4 is 29.9 Å². The topological polar surface area (TPSA) is 39.7 Å². The zero-order chi connectivity index (χ0) is 14.3. The fourth-order valence-corrected chi connectivity index (χ4v) is 2.25. The van der Waals surface area contributed by atoms with E-state index in [1.54, 1.807) is 0 Å². The van der Waals surface area contributed by atoms with Crippen LogP contribution < -0.4 is 10.6 Å². The van der Waals surface area contributed by atoms with Gasteiger partial charge in [-0.2, -0.15) is 0 Å². The molecule has 20 heavy (non-hydrogen) atoms. The summed E-state index contributed by atoms with van der Waals surface area (Å²) in [4.78, 5) is 7.20. The molecule has 0 aliphatic carbocycles. The zero-order valence-corrected chi connectivity index (χ0v) is 16.2. The van der Waals surface area contributed by atoms with Gasteiger partial charge < -0.3 is 15.5 Å². The molecule has 1 heterocycles. The SMILES string of the molecule is CCNC(=NCCN1CCC(C)CC1)NC(C)(C)C.I. The molecule has 2 N–H and O–H groups in total. The van der Waals surface area contributed by atoms with E-state index in [-0.39, 0.29) is 29.5 Å². The van der Waals surface area contributed by atoms with E-state index in [0.717, 1.165) is 31.5 Å². The molecule has 0 radical (unpaired) electrons. The predicted octanol–water partition coefficient (Wildman–Crippen LogP) is 2.69. The molecule has 0 bridgehead atoms. The predicted molar refractivity (Wildman–Crippen MR) is 99.1 cm³/mol. The highest BCUT2D eigenvalue weighted by atomic mass is 127. The van der Waals surface area contributed by atoms with Crippen molar-refractivity contribution < 1.29 is 0 Å². The Balaban J connectivity index is 0.00000361. The summed E-state index contributed by atoms with van der Waals surface area (Å²) in [5.41, 5.74) is 0.0571. The average molecular weight is 396 g/mol. The summed E-state index contributed by atoms with van der Waals surface area (Å²) >= 11 is 0. The number of rotatable bonds is 4. The molecule has 1 aliphatic heterocycles. The molecule has 0 atom stereocenters. The summed E-state index contributed by atoms with van der Waals surface area (Å²) in [6.07, 6.45) is 2.67. The number of nitrogens with one attached hydrogen (secondary N) is 2. The summed E-state index contributed by atoms with van der Waals surface area (Å²) < 4.78 is 0. The van der Waals surface area contributed by atoms with Gasteiger partial charge in [-0.3, -0.25) is 4.99 Å². The summed E-state index contributed by atoms with van der Waals surface area (Å²) in [5.74, 6) is 1.83. The zero-order valence-electron chi connectivity index (χ0n) is 13.8. The van der Waals surface area contributed by atoms with Gasteiger partial charge in [-0.05, 0) is 59.5 Å². The van der Waals surface area contributed by atoms with E-state index in [1.165, 1.54) is 25.9 Å². The van der Waals surface area contributed by atoms with Crippen LogP contribution in [0.15, 0.2) is 4.99 Å². The molecule has 0 spiro atoms. The third-order valence-corrected chi connectivity index (χ3v) is 3.40. The maximum atomic E-state index is 4.66. The number of hydrogen-bond acceptors (Lipinski definition) is 2. The first-order valence-electron chi connectivity index (χ1n) is 7.69. The van der Waals surface area contributed by atoms with Gasteiger partial charge in [0.05, 0.1) is 6.54 Å². The Morgan fingerprint density at radius 3 is 2.35 bits per heavy atom. The molecule has 0 aromatic carbocycles. The lowest BCUT2D eigenvalue weighted by molar-refractivity contribution is 0.197. The second-order valence-corrected chi connectivity index (χ2v) is 6.66. The van der Waals surface area contributed by atoms with Gasteiger partial charge in [0.2, 0.25) is 0 Å². The maximum Gasteiger partial charge on any atom is 0.191 e. The Bertz CT molecular complexity index is 278. The van der Waals surface area contributed by atoms with Gasteiger partial charge in [0, 0.05) is 18.6 Å². The number of likely N-dealkylation sites (tertiary alicyclic amines) is 1. The molecule has 4 nitrogen and oxygen atoms in total. The van der Waals surface area contributed by atoms with Crippen molar-refractivity contribution in [1.82, 2.24) is 15.5 Å². The van der Waals surface area contributed by atoms with Gasteiger partial charge in [0.15, 0.2) is 5.96 Å². The first-order chi connectivity index (χ1) is 8.90. The second kappa shape index (κ2) is 9.82. The van der Waals surface area contributed by atoms with Crippen molar-refractivity contribution in [3.8, 4) is 0 Å². The number of hydrogen-bond donors (Lipinski definition) is 2. The van der Waals surface area contributed by atoms with Crippen LogP contribution in [0.1, 0.15) is 47.5 Å². The standard InChI is InChI=1S/C15H32N4.HI/c1-6-16-14(18-15(3,4)5)17-9-12-19-10-7-13(2)8-11-19;/h13H,6-12H2,1-5H3,(H2,16,17,18);1H. The molecule has 1 aliphatic rings. The number of piperidine rings is 1. The molecule has 120 valence electrons. The second-order valence-electron chi connectivity index (χ2n) is 6.66. The largest absolute Gasteiger partial charge is 0.357 e. The minimum Gasteiger partial charge on any atom is -0.357 e. The molecule has 0 saturated carbocycles. The van der Waals surface area contributed by atoms with Crippen molar-refractivity contribution in [2.24, 2.45) is 10.9 Å². The van der Waals surface area contributed by atoms with Crippen LogP contribution in [0.2, 0.25) is 0 Å². The lowest BCUT2D eigenvalue weighted by Crippen LogP contribution is -2.48. The van der Waals surface area contributed by atoms with Gasteiger partial charge in [-0.1, -0.05) is 6.92 Å². The monoisotopic (exact) mass is 396 g/mol. The van der Waals surface area contributed by atoms with Crippen molar-refractivity contribution in [3.63, 3.8) is 0 Å². The fraction of sp³-hybridized carbons (Fsp3) is 0.933. The molecule has 0 unspecified atom stereocenters. The van der Waals surface area contributed by atoms with E-state index in [2.05, 4.69) is 55.1 Å². The quantitative estimate of drug-likeness (QED) is 0.436. The highest BCUT2D eigenvalue weighted by molar-refractivity contribution is 14.0. The lowest BCUT2D eigenvalue weighted by Gasteiger charge is -2.29. The minimum atomic E-state index is 0. The molecule has 1 saturated heterocycles. The number of guanidine groups is 1. The van der Waals surface area contributed by atoms with Gasteiger partial charge in [-0.15, -0.1) is 24.0 Å². The Morgan fingerprint density at radius 2 is 1.85 bits per heavy atom. The van der Waals surface area contributed by atoms with Gasteiger partial charge in [0.25, 0.3) is 0 Å². The molecule has 1 fully saturated rings. The Morgan fingerprint density at radius 1 is 1.25 bits per heavy atom. The maximum absolute atomic E-state index is 4.66. The number of aliphatic imine (C=N–C) groups is 1. The van der Waals surface area contributed by atoms with E-state index < -0.39 is 0 Å². The summed E-state index contributed by atoms with van der Waals surface area (Å²) in [7, 11) is 0. The van der Waals surface area contributed by atoms with Crippen LogP contribution >= 0.6 is 24.0 Å². The van der Waals surface area contributed by atoms with Gasteiger partial charge in [0.1, 0.15) is 0 Å². The van der Waals surface area contributed by atoms with Crippen LogP contribution in [0.3, 0.4) is 0 Å². The molecular formula is C15H33IN4. The van der Waals surface area contributed by atoms with Crippen molar-refractivity contribution in [3.05, 3.63) is 0 Å². The molecule has 0 amide bonds.